The van der Waals surface area contributed by atoms with Crippen LogP contribution in [0.1, 0.15) is 40.2 Å². The van der Waals surface area contributed by atoms with E-state index in [4.69, 9.17) is 4.74 Å². The molecule has 0 aliphatic heterocycles. The van der Waals surface area contributed by atoms with Crippen molar-refractivity contribution in [1.29, 1.82) is 0 Å². The van der Waals surface area contributed by atoms with Gasteiger partial charge in [0.15, 0.2) is 6.61 Å². The molecule has 3 rings (SSSR count). The molecule has 2 aromatic carbocycles. The summed E-state index contributed by atoms with van der Waals surface area (Å²) in [7, 11) is 0. The van der Waals surface area contributed by atoms with Gasteiger partial charge in [0.1, 0.15) is 4.88 Å². The van der Waals surface area contributed by atoms with Crippen molar-refractivity contribution in [3.8, 4) is 11.1 Å². The SMILES string of the molecule is CCc1cccc(CC)c1NC(=O)COC(=O)c1sccc1-c1ccc(C)cc1. The van der Waals surface area contributed by atoms with E-state index in [2.05, 4.69) is 5.32 Å². The fourth-order valence-electron chi connectivity index (χ4n) is 3.20. The lowest BCUT2D eigenvalue weighted by atomic mass is 10.0. The van der Waals surface area contributed by atoms with E-state index < -0.39 is 5.97 Å². The predicted octanol–water partition coefficient (Wildman–Crippen LogP) is 5.64. The topological polar surface area (TPSA) is 55.4 Å². The second-order valence-corrected chi connectivity index (χ2v) is 7.73. The van der Waals surface area contributed by atoms with E-state index >= 15 is 0 Å². The van der Waals surface area contributed by atoms with Crippen LogP contribution in [0.3, 0.4) is 0 Å². The Balaban J connectivity index is 1.67. The number of hydrogen-bond donors (Lipinski definition) is 1. The quantitative estimate of drug-likeness (QED) is 0.515. The fourth-order valence-corrected chi connectivity index (χ4v) is 4.01. The number of aryl methyl sites for hydroxylation is 3. The molecule has 1 N–H and O–H groups in total. The first-order chi connectivity index (χ1) is 14.0. The highest BCUT2D eigenvalue weighted by molar-refractivity contribution is 7.12. The van der Waals surface area contributed by atoms with Gasteiger partial charge in [0.25, 0.3) is 5.91 Å². The molecule has 0 spiro atoms. The molecule has 0 atom stereocenters. The van der Waals surface area contributed by atoms with Crippen LogP contribution in [-0.4, -0.2) is 18.5 Å². The van der Waals surface area contributed by atoms with Crippen LogP contribution in [0.2, 0.25) is 0 Å². The first-order valence-electron chi connectivity index (χ1n) is 9.75. The molecule has 0 bridgehead atoms. The Kier molecular flexibility index (Phi) is 6.83. The van der Waals surface area contributed by atoms with Gasteiger partial charge in [-0.2, -0.15) is 0 Å². The van der Waals surface area contributed by atoms with Crippen LogP contribution in [0.4, 0.5) is 5.69 Å². The number of esters is 1. The molecule has 0 aliphatic rings. The Morgan fingerprint density at radius 3 is 2.24 bits per heavy atom. The average Bonchev–Trinajstić information content (AvgIpc) is 3.22. The number of ether oxygens (including phenoxy) is 1. The Bertz CT molecular complexity index is 983. The van der Waals surface area contributed by atoms with Crippen molar-refractivity contribution >= 4 is 28.9 Å². The Hall–Kier alpha value is -2.92. The molecule has 3 aromatic rings. The van der Waals surface area contributed by atoms with Gasteiger partial charge in [0, 0.05) is 11.3 Å². The summed E-state index contributed by atoms with van der Waals surface area (Å²) in [5.74, 6) is -0.812. The Labute approximate surface area is 175 Å². The van der Waals surface area contributed by atoms with E-state index in [0.717, 1.165) is 46.3 Å². The lowest BCUT2D eigenvalue weighted by Gasteiger charge is -2.14. The average molecular weight is 408 g/mol. The lowest BCUT2D eigenvalue weighted by Crippen LogP contribution is -2.22. The maximum atomic E-state index is 12.6. The molecule has 1 aromatic heterocycles. The molecule has 0 radical (unpaired) electrons. The third-order valence-electron chi connectivity index (χ3n) is 4.81. The standard InChI is InChI=1S/C24H25NO3S/c1-4-17-7-6-8-18(5-2)22(17)25-21(26)15-28-24(27)23-20(13-14-29-23)19-11-9-16(3)10-12-19/h6-14H,4-5,15H2,1-3H3,(H,25,26). The minimum Gasteiger partial charge on any atom is -0.451 e. The van der Waals surface area contributed by atoms with E-state index in [1.807, 2.05) is 74.7 Å². The van der Waals surface area contributed by atoms with Crippen LogP contribution in [0.15, 0.2) is 53.9 Å². The largest absolute Gasteiger partial charge is 0.451 e. The highest BCUT2D eigenvalue weighted by Crippen LogP contribution is 2.29. The first-order valence-corrected chi connectivity index (χ1v) is 10.6. The van der Waals surface area contributed by atoms with E-state index in [0.29, 0.717) is 4.88 Å². The number of thiophene rings is 1. The fraction of sp³-hybridized carbons (Fsp3) is 0.250. The summed E-state index contributed by atoms with van der Waals surface area (Å²) in [4.78, 5) is 25.5. The molecule has 0 fully saturated rings. The maximum Gasteiger partial charge on any atom is 0.349 e. The third kappa shape index (κ3) is 4.93. The summed E-state index contributed by atoms with van der Waals surface area (Å²) in [6.45, 7) is 5.80. The molecule has 5 heteroatoms. The van der Waals surface area contributed by atoms with Crippen molar-refractivity contribution in [3.05, 3.63) is 75.5 Å². The molecule has 0 saturated heterocycles. The summed E-state index contributed by atoms with van der Waals surface area (Å²) in [5.41, 5.74) is 5.91. The van der Waals surface area contributed by atoms with Gasteiger partial charge in [-0.05, 0) is 47.9 Å². The van der Waals surface area contributed by atoms with E-state index in [-0.39, 0.29) is 12.5 Å². The number of carbonyl (C=O) groups excluding carboxylic acids is 2. The molecule has 150 valence electrons. The van der Waals surface area contributed by atoms with Crippen LogP contribution in [0, 0.1) is 6.92 Å². The van der Waals surface area contributed by atoms with Crippen LogP contribution >= 0.6 is 11.3 Å². The molecular formula is C24H25NO3S. The highest BCUT2D eigenvalue weighted by Gasteiger charge is 2.18. The Morgan fingerprint density at radius 2 is 1.62 bits per heavy atom. The van der Waals surface area contributed by atoms with Crippen molar-refractivity contribution in [1.82, 2.24) is 0 Å². The number of benzene rings is 2. The lowest BCUT2D eigenvalue weighted by molar-refractivity contribution is -0.119. The molecule has 0 saturated carbocycles. The zero-order valence-electron chi connectivity index (χ0n) is 17.0. The monoisotopic (exact) mass is 407 g/mol. The zero-order chi connectivity index (χ0) is 20.8. The number of rotatable bonds is 7. The van der Waals surface area contributed by atoms with Crippen LogP contribution in [0.5, 0.6) is 0 Å². The van der Waals surface area contributed by atoms with Crippen molar-refractivity contribution in [3.63, 3.8) is 0 Å². The van der Waals surface area contributed by atoms with Crippen molar-refractivity contribution in [2.45, 2.75) is 33.6 Å². The summed E-state index contributed by atoms with van der Waals surface area (Å²) in [6, 6.07) is 15.9. The summed E-state index contributed by atoms with van der Waals surface area (Å²) < 4.78 is 5.31. The van der Waals surface area contributed by atoms with Crippen LogP contribution in [0.25, 0.3) is 11.1 Å². The molecule has 1 heterocycles. The minimum absolute atomic E-state index is 0.314. The first kappa shape index (κ1) is 20.8. The van der Waals surface area contributed by atoms with E-state index in [1.54, 1.807) is 0 Å². The van der Waals surface area contributed by atoms with Gasteiger partial charge < -0.3 is 10.1 Å². The van der Waals surface area contributed by atoms with Gasteiger partial charge in [0.2, 0.25) is 0 Å². The summed E-state index contributed by atoms with van der Waals surface area (Å²) in [5, 5.41) is 4.78. The van der Waals surface area contributed by atoms with E-state index in [1.165, 1.54) is 11.3 Å². The number of nitrogens with one attached hydrogen (secondary N) is 1. The number of para-hydroxylation sites is 1. The number of amides is 1. The van der Waals surface area contributed by atoms with Crippen LogP contribution in [-0.2, 0) is 22.4 Å². The highest BCUT2D eigenvalue weighted by atomic mass is 32.1. The smallest absolute Gasteiger partial charge is 0.349 e. The predicted molar refractivity (Wildman–Crippen MR) is 119 cm³/mol. The maximum absolute atomic E-state index is 12.6. The second-order valence-electron chi connectivity index (χ2n) is 6.81. The molecular weight excluding hydrogens is 382 g/mol. The van der Waals surface area contributed by atoms with Crippen molar-refractivity contribution in [2.75, 3.05) is 11.9 Å². The zero-order valence-corrected chi connectivity index (χ0v) is 17.8. The summed E-state index contributed by atoms with van der Waals surface area (Å²) in [6.07, 6.45) is 1.64. The second kappa shape index (κ2) is 9.52. The molecule has 29 heavy (non-hydrogen) atoms. The van der Waals surface area contributed by atoms with E-state index in [9.17, 15) is 9.59 Å². The minimum atomic E-state index is -0.481. The number of hydrogen-bond acceptors (Lipinski definition) is 4. The van der Waals surface area contributed by atoms with Gasteiger partial charge >= 0.3 is 5.97 Å². The summed E-state index contributed by atoms with van der Waals surface area (Å²) >= 11 is 1.32. The van der Waals surface area contributed by atoms with Gasteiger partial charge in [-0.25, -0.2) is 4.79 Å². The normalized spacial score (nSPS) is 10.6. The Morgan fingerprint density at radius 1 is 0.966 bits per heavy atom. The third-order valence-corrected chi connectivity index (χ3v) is 5.71. The van der Waals surface area contributed by atoms with Gasteiger partial charge in [0.05, 0.1) is 0 Å². The molecule has 1 amide bonds. The van der Waals surface area contributed by atoms with Gasteiger partial charge in [-0.15, -0.1) is 11.3 Å². The van der Waals surface area contributed by atoms with Crippen molar-refractivity contribution < 1.29 is 14.3 Å². The van der Waals surface area contributed by atoms with Crippen LogP contribution < -0.4 is 5.32 Å². The van der Waals surface area contributed by atoms with Gasteiger partial charge in [-0.3, -0.25) is 4.79 Å². The number of anilines is 1. The van der Waals surface area contributed by atoms with Crippen molar-refractivity contribution in [2.24, 2.45) is 0 Å². The molecule has 4 nitrogen and oxygen atoms in total. The number of carbonyl (C=O) groups is 2. The molecule has 0 aliphatic carbocycles. The van der Waals surface area contributed by atoms with Gasteiger partial charge in [-0.1, -0.05) is 61.9 Å². The molecule has 0 unspecified atom stereocenters.